The van der Waals surface area contributed by atoms with Crippen molar-refractivity contribution in [3.05, 3.63) is 23.8 Å². The number of nitrogens with one attached hydrogen (secondary N) is 1. The largest absolute Gasteiger partial charge is 0.490 e. The Morgan fingerprint density at radius 3 is 2.70 bits per heavy atom. The van der Waals surface area contributed by atoms with Gasteiger partial charge in [0.05, 0.1) is 23.7 Å². The quantitative estimate of drug-likeness (QED) is 0.872. The third-order valence-electron chi connectivity index (χ3n) is 4.02. The van der Waals surface area contributed by atoms with Crippen molar-refractivity contribution in [2.75, 3.05) is 5.32 Å². The van der Waals surface area contributed by atoms with Crippen molar-refractivity contribution < 1.29 is 14.6 Å². The van der Waals surface area contributed by atoms with Crippen LogP contribution in [0.5, 0.6) is 5.75 Å². The summed E-state index contributed by atoms with van der Waals surface area (Å²) in [5.74, 6) is 0.280. The van der Waals surface area contributed by atoms with Crippen molar-refractivity contribution >= 4 is 11.6 Å². The average Bonchev–Trinajstić information content (AvgIpc) is 2.48. The lowest BCUT2D eigenvalue weighted by molar-refractivity contribution is -0.122. The van der Waals surface area contributed by atoms with Gasteiger partial charge in [-0.05, 0) is 44.9 Å². The van der Waals surface area contributed by atoms with Crippen LogP contribution in [0.25, 0.3) is 0 Å². The third kappa shape index (κ3) is 4.97. The topological polar surface area (TPSA) is 82.3 Å². The average molecular weight is 316 g/mol. The van der Waals surface area contributed by atoms with Crippen LogP contribution in [-0.2, 0) is 4.79 Å². The summed E-state index contributed by atoms with van der Waals surface area (Å²) < 4.78 is 5.56. The lowest BCUT2D eigenvalue weighted by Crippen LogP contribution is -2.35. The molecule has 0 bridgehead atoms. The Kier molecular flexibility index (Phi) is 5.62. The highest BCUT2D eigenvalue weighted by atomic mass is 16.5. The number of carbonyl (C=O) groups is 1. The van der Waals surface area contributed by atoms with E-state index in [1.165, 1.54) is 0 Å². The molecule has 0 spiro atoms. The van der Waals surface area contributed by atoms with Gasteiger partial charge in [-0.2, -0.15) is 5.26 Å². The molecule has 1 amide bonds. The number of amides is 1. The van der Waals surface area contributed by atoms with E-state index in [-0.39, 0.29) is 18.4 Å². The lowest BCUT2D eigenvalue weighted by Gasteiger charge is -2.31. The van der Waals surface area contributed by atoms with Gasteiger partial charge in [-0.25, -0.2) is 0 Å². The van der Waals surface area contributed by atoms with E-state index in [9.17, 15) is 15.2 Å². The maximum absolute atomic E-state index is 12.2. The summed E-state index contributed by atoms with van der Waals surface area (Å²) in [6.07, 6.45) is 4.46. The van der Waals surface area contributed by atoms with E-state index in [4.69, 9.17) is 4.74 Å². The normalized spacial score (nSPS) is 16.7. The Hall–Kier alpha value is -2.06. The number of hydrogen-bond donors (Lipinski definition) is 2. The minimum absolute atomic E-state index is 0.0249. The van der Waals surface area contributed by atoms with E-state index in [2.05, 4.69) is 11.4 Å². The number of nitrogens with zero attached hydrogens (tertiary/aromatic N) is 1. The predicted octanol–water partition coefficient (Wildman–Crippen LogP) is 3.37. The van der Waals surface area contributed by atoms with E-state index in [0.717, 1.165) is 19.3 Å². The summed E-state index contributed by atoms with van der Waals surface area (Å²) in [6, 6.07) is 7.07. The fourth-order valence-electron chi connectivity index (χ4n) is 2.94. The fraction of sp³-hybridized carbons (Fsp3) is 0.556. The molecule has 1 aromatic rings. The van der Waals surface area contributed by atoms with Crippen LogP contribution in [0.1, 0.15) is 57.9 Å². The molecule has 0 saturated heterocycles. The summed E-state index contributed by atoms with van der Waals surface area (Å²) in [5, 5.41) is 22.4. The van der Waals surface area contributed by atoms with E-state index in [0.29, 0.717) is 29.8 Å². The molecule has 0 atom stereocenters. The molecule has 1 aliphatic rings. The van der Waals surface area contributed by atoms with Crippen LogP contribution in [0.4, 0.5) is 5.69 Å². The van der Waals surface area contributed by atoms with Gasteiger partial charge in [0.2, 0.25) is 5.91 Å². The molecule has 1 aliphatic carbocycles. The van der Waals surface area contributed by atoms with Crippen molar-refractivity contribution in [2.24, 2.45) is 0 Å². The van der Waals surface area contributed by atoms with Crippen molar-refractivity contribution in [3.8, 4) is 11.8 Å². The first kappa shape index (κ1) is 17.3. The first-order valence-corrected chi connectivity index (χ1v) is 8.15. The summed E-state index contributed by atoms with van der Waals surface area (Å²) in [4.78, 5) is 12.2. The zero-order valence-electron chi connectivity index (χ0n) is 13.8. The number of ether oxygens (including phenoxy) is 1. The Bertz CT molecular complexity index is 599. The Labute approximate surface area is 137 Å². The highest BCUT2D eigenvalue weighted by molar-refractivity contribution is 5.91. The second-order valence-electron chi connectivity index (χ2n) is 6.50. The van der Waals surface area contributed by atoms with Crippen LogP contribution in [-0.4, -0.2) is 22.7 Å². The number of aliphatic hydroxyl groups is 1. The SMILES string of the molecule is CC(C)Oc1ccc(NC(=O)CC2(O)CCCCC2)cc1C#N. The molecule has 5 heteroatoms. The second kappa shape index (κ2) is 7.47. The standard InChI is InChI=1S/C18H24N2O3/c1-13(2)23-16-7-6-15(10-14(16)12-19)20-17(21)11-18(22)8-4-3-5-9-18/h6-7,10,13,22H,3-5,8-9,11H2,1-2H3,(H,20,21). The third-order valence-corrected chi connectivity index (χ3v) is 4.02. The molecule has 2 rings (SSSR count). The number of anilines is 1. The van der Waals surface area contributed by atoms with Gasteiger partial charge in [0.25, 0.3) is 0 Å². The van der Waals surface area contributed by atoms with Crippen molar-refractivity contribution in [1.29, 1.82) is 5.26 Å². The molecule has 1 fully saturated rings. The Morgan fingerprint density at radius 2 is 2.09 bits per heavy atom. The van der Waals surface area contributed by atoms with E-state index >= 15 is 0 Å². The van der Waals surface area contributed by atoms with E-state index in [1.54, 1.807) is 18.2 Å². The maximum atomic E-state index is 12.2. The van der Waals surface area contributed by atoms with Crippen LogP contribution in [0, 0.1) is 11.3 Å². The molecule has 0 unspecified atom stereocenters. The highest BCUT2D eigenvalue weighted by Gasteiger charge is 2.31. The summed E-state index contributed by atoms with van der Waals surface area (Å²) in [6.45, 7) is 3.78. The van der Waals surface area contributed by atoms with Crippen LogP contribution < -0.4 is 10.1 Å². The highest BCUT2D eigenvalue weighted by Crippen LogP contribution is 2.31. The predicted molar refractivity (Wildman–Crippen MR) is 88.2 cm³/mol. The molecule has 23 heavy (non-hydrogen) atoms. The Morgan fingerprint density at radius 1 is 1.39 bits per heavy atom. The van der Waals surface area contributed by atoms with E-state index in [1.807, 2.05) is 13.8 Å². The van der Waals surface area contributed by atoms with Crippen molar-refractivity contribution in [3.63, 3.8) is 0 Å². The molecule has 0 aromatic heterocycles. The van der Waals surface area contributed by atoms with E-state index < -0.39 is 5.60 Å². The van der Waals surface area contributed by atoms with Gasteiger partial charge in [-0.15, -0.1) is 0 Å². The molecule has 1 saturated carbocycles. The van der Waals surface area contributed by atoms with Crippen LogP contribution in [0.3, 0.4) is 0 Å². The minimum Gasteiger partial charge on any atom is -0.490 e. The van der Waals surface area contributed by atoms with Crippen LogP contribution in [0.2, 0.25) is 0 Å². The smallest absolute Gasteiger partial charge is 0.227 e. The van der Waals surface area contributed by atoms with Gasteiger partial charge in [-0.1, -0.05) is 19.3 Å². The molecule has 0 heterocycles. The van der Waals surface area contributed by atoms with Gasteiger partial charge >= 0.3 is 0 Å². The summed E-state index contributed by atoms with van der Waals surface area (Å²) in [7, 11) is 0. The van der Waals surface area contributed by atoms with Gasteiger partial charge in [0.1, 0.15) is 11.8 Å². The molecular weight excluding hydrogens is 292 g/mol. The van der Waals surface area contributed by atoms with Crippen molar-refractivity contribution in [2.45, 2.75) is 64.1 Å². The molecule has 5 nitrogen and oxygen atoms in total. The van der Waals surface area contributed by atoms with Gasteiger partial charge in [0, 0.05) is 5.69 Å². The van der Waals surface area contributed by atoms with Crippen LogP contribution >= 0.6 is 0 Å². The zero-order valence-corrected chi connectivity index (χ0v) is 13.8. The maximum Gasteiger partial charge on any atom is 0.227 e. The van der Waals surface area contributed by atoms with Gasteiger partial charge in [-0.3, -0.25) is 4.79 Å². The van der Waals surface area contributed by atoms with Crippen molar-refractivity contribution in [1.82, 2.24) is 0 Å². The molecule has 124 valence electrons. The monoisotopic (exact) mass is 316 g/mol. The number of rotatable bonds is 5. The van der Waals surface area contributed by atoms with Crippen LogP contribution in [0.15, 0.2) is 18.2 Å². The second-order valence-corrected chi connectivity index (χ2v) is 6.50. The number of benzene rings is 1. The Balaban J connectivity index is 2.02. The molecule has 0 radical (unpaired) electrons. The fourth-order valence-corrected chi connectivity index (χ4v) is 2.94. The number of nitriles is 1. The summed E-state index contributed by atoms with van der Waals surface area (Å²) in [5.41, 5.74) is 0.0381. The minimum atomic E-state index is -0.888. The molecule has 2 N–H and O–H groups in total. The summed E-state index contributed by atoms with van der Waals surface area (Å²) >= 11 is 0. The molecular formula is C18H24N2O3. The molecule has 0 aliphatic heterocycles. The first-order valence-electron chi connectivity index (χ1n) is 8.15. The lowest BCUT2D eigenvalue weighted by atomic mass is 9.82. The number of carbonyl (C=O) groups excluding carboxylic acids is 1. The zero-order chi connectivity index (χ0) is 16.9. The van der Waals surface area contributed by atoms with Gasteiger partial charge < -0.3 is 15.2 Å². The first-order chi connectivity index (χ1) is 10.9. The molecule has 1 aromatic carbocycles. The number of hydrogen-bond acceptors (Lipinski definition) is 4. The van der Waals surface area contributed by atoms with Gasteiger partial charge in [0.15, 0.2) is 0 Å².